The molecule has 2 aromatic rings. The topological polar surface area (TPSA) is 55.4 Å². The van der Waals surface area contributed by atoms with Gasteiger partial charge in [0.2, 0.25) is 5.91 Å². The van der Waals surface area contributed by atoms with Crippen molar-refractivity contribution in [1.82, 2.24) is 0 Å². The predicted octanol–water partition coefficient (Wildman–Crippen LogP) is 3.86. The molecule has 0 radical (unpaired) electrons. The first-order valence-electron chi connectivity index (χ1n) is 6.63. The van der Waals surface area contributed by atoms with Crippen LogP contribution < -0.4 is 5.32 Å². The maximum absolute atomic E-state index is 12.1. The van der Waals surface area contributed by atoms with Gasteiger partial charge in [0.25, 0.3) is 0 Å². The number of thiophene rings is 1. The largest absolute Gasteiger partial charge is 0.465 e. The Labute approximate surface area is 127 Å². The summed E-state index contributed by atoms with van der Waals surface area (Å²) in [5.41, 5.74) is 3.26. The lowest BCUT2D eigenvalue weighted by atomic mass is 10.0. The molecule has 4 nitrogen and oxygen atoms in total. The Morgan fingerprint density at radius 2 is 1.90 bits per heavy atom. The van der Waals surface area contributed by atoms with E-state index in [-0.39, 0.29) is 5.91 Å². The minimum Gasteiger partial charge on any atom is -0.465 e. The minimum atomic E-state index is -0.446. The zero-order valence-corrected chi connectivity index (χ0v) is 13.0. The van der Waals surface area contributed by atoms with Crippen molar-refractivity contribution in [2.24, 2.45) is 0 Å². The van der Waals surface area contributed by atoms with Crippen molar-refractivity contribution in [2.75, 3.05) is 12.4 Å². The lowest BCUT2D eigenvalue weighted by Gasteiger charge is -2.07. The number of carbonyl (C=O) groups is 2. The monoisotopic (exact) mass is 303 g/mol. The van der Waals surface area contributed by atoms with Gasteiger partial charge >= 0.3 is 5.97 Å². The highest BCUT2D eigenvalue weighted by molar-refractivity contribution is 7.15. The number of benzene rings is 1. The fraction of sp³-hybridized carbons (Fsp3) is 0.250. The molecule has 1 N–H and O–H groups in total. The first-order valence-corrected chi connectivity index (χ1v) is 7.51. The van der Waals surface area contributed by atoms with Gasteiger partial charge in [-0.25, -0.2) is 4.79 Å². The summed E-state index contributed by atoms with van der Waals surface area (Å²) in [5, 5.41) is 5.15. The second-order valence-electron chi connectivity index (χ2n) is 4.61. The molecule has 1 aromatic heterocycles. The zero-order chi connectivity index (χ0) is 15.4. The SMILES string of the molecule is CCC(=O)Nc1scc(-c2ccc(C)cc2)c1C(=O)OC. The summed E-state index contributed by atoms with van der Waals surface area (Å²) in [6.07, 6.45) is 0.360. The Bertz CT molecular complexity index is 659. The predicted molar refractivity (Wildman–Crippen MR) is 84.8 cm³/mol. The van der Waals surface area contributed by atoms with E-state index in [9.17, 15) is 9.59 Å². The van der Waals surface area contributed by atoms with Gasteiger partial charge in [-0.1, -0.05) is 36.8 Å². The van der Waals surface area contributed by atoms with Crippen molar-refractivity contribution in [2.45, 2.75) is 20.3 Å². The van der Waals surface area contributed by atoms with Crippen molar-refractivity contribution >= 4 is 28.2 Å². The highest BCUT2D eigenvalue weighted by Gasteiger charge is 2.21. The van der Waals surface area contributed by atoms with Crippen LogP contribution in [-0.2, 0) is 9.53 Å². The molecule has 0 aliphatic rings. The van der Waals surface area contributed by atoms with Crippen LogP contribution in [0.5, 0.6) is 0 Å². The number of hydrogen-bond donors (Lipinski definition) is 1. The molecule has 1 heterocycles. The molecule has 0 saturated carbocycles. The Hall–Kier alpha value is -2.14. The van der Waals surface area contributed by atoms with Gasteiger partial charge < -0.3 is 10.1 Å². The average Bonchev–Trinajstić information content (AvgIpc) is 2.90. The molecule has 0 aliphatic heterocycles. The van der Waals surface area contributed by atoms with E-state index >= 15 is 0 Å². The fourth-order valence-electron chi connectivity index (χ4n) is 1.92. The molecular weight excluding hydrogens is 286 g/mol. The number of nitrogens with one attached hydrogen (secondary N) is 1. The quantitative estimate of drug-likeness (QED) is 0.873. The first-order chi connectivity index (χ1) is 10.1. The van der Waals surface area contributed by atoms with E-state index in [1.165, 1.54) is 18.4 Å². The molecule has 0 fully saturated rings. The summed E-state index contributed by atoms with van der Waals surface area (Å²) in [5.74, 6) is -0.573. The molecule has 0 saturated heterocycles. The molecule has 0 unspecified atom stereocenters. The summed E-state index contributed by atoms with van der Waals surface area (Å²) in [4.78, 5) is 23.6. The van der Waals surface area contributed by atoms with Crippen LogP contribution in [0.25, 0.3) is 11.1 Å². The number of methoxy groups -OCH3 is 1. The van der Waals surface area contributed by atoms with Gasteiger partial charge in [-0.2, -0.15) is 0 Å². The van der Waals surface area contributed by atoms with Gasteiger partial charge in [-0.15, -0.1) is 11.3 Å². The van der Waals surface area contributed by atoms with Gasteiger partial charge in [0.1, 0.15) is 10.6 Å². The van der Waals surface area contributed by atoms with E-state index < -0.39 is 5.97 Å². The molecule has 1 aromatic carbocycles. The van der Waals surface area contributed by atoms with Crippen LogP contribution in [0, 0.1) is 6.92 Å². The molecule has 0 atom stereocenters. The van der Waals surface area contributed by atoms with Crippen LogP contribution in [0.1, 0.15) is 29.3 Å². The van der Waals surface area contributed by atoms with Crippen LogP contribution >= 0.6 is 11.3 Å². The van der Waals surface area contributed by atoms with Gasteiger partial charge in [-0.3, -0.25) is 4.79 Å². The van der Waals surface area contributed by atoms with Crippen molar-refractivity contribution in [3.8, 4) is 11.1 Å². The van der Waals surface area contributed by atoms with Gasteiger partial charge in [0.05, 0.1) is 7.11 Å². The number of hydrogen-bond acceptors (Lipinski definition) is 4. The highest BCUT2D eigenvalue weighted by atomic mass is 32.1. The van der Waals surface area contributed by atoms with Crippen molar-refractivity contribution in [3.63, 3.8) is 0 Å². The Morgan fingerprint density at radius 1 is 1.24 bits per heavy atom. The molecule has 0 aliphatic carbocycles. The van der Waals surface area contributed by atoms with Crippen LogP contribution in [0.3, 0.4) is 0 Å². The lowest BCUT2D eigenvalue weighted by molar-refractivity contribution is -0.115. The summed E-state index contributed by atoms with van der Waals surface area (Å²) in [6.45, 7) is 3.77. The van der Waals surface area contributed by atoms with E-state index in [0.29, 0.717) is 17.0 Å². The molecule has 1 amide bonds. The molecule has 0 bridgehead atoms. The van der Waals surface area contributed by atoms with Crippen molar-refractivity contribution in [3.05, 3.63) is 40.8 Å². The summed E-state index contributed by atoms with van der Waals surface area (Å²) < 4.78 is 4.85. The zero-order valence-electron chi connectivity index (χ0n) is 12.2. The van der Waals surface area contributed by atoms with E-state index in [1.807, 2.05) is 36.6 Å². The maximum Gasteiger partial charge on any atom is 0.341 e. The molecule has 2 rings (SSSR count). The number of amides is 1. The van der Waals surface area contributed by atoms with Crippen LogP contribution in [0.4, 0.5) is 5.00 Å². The van der Waals surface area contributed by atoms with E-state index in [2.05, 4.69) is 5.32 Å². The third-order valence-corrected chi connectivity index (χ3v) is 4.01. The number of carbonyl (C=O) groups excluding carboxylic acids is 2. The Kier molecular flexibility index (Phi) is 4.75. The number of rotatable bonds is 4. The minimum absolute atomic E-state index is 0.127. The highest BCUT2D eigenvalue weighted by Crippen LogP contribution is 2.36. The molecule has 110 valence electrons. The molecule has 5 heteroatoms. The van der Waals surface area contributed by atoms with Crippen LogP contribution in [-0.4, -0.2) is 19.0 Å². The Balaban J connectivity index is 2.48. The standard InChI is InChI=1S/C16H17NO3S/c1-4-13(18)17-15-14(16(19)20-3)12(9-21-15)11-7-5-10(2)6-8-11/h5-9H,4H2,1-3H3,(H,17,18). The molecule has 21 heavy (non-hydrogen) atoms. The summed E-state index contributed by atoms with van der Waals surface area (Å²) in [7, 11) is 1.34. The van der Waals surface area contributed by atoms with E-state index in [1.54, 1.807) is 6.92 Å². The second-order valence-corrected chi connectivity index (χ2v) is 5.49. The molecule has 0 spiro atoms. The Morgan fingerprint density at radius 3 is 2.48 bits per heavy atom. The van der Waals surface area contributed by atoms with Crippen molar-refractivity contribution in [1.29, 1.82) is 0 Å². The summed E-state index contributed by atoms with van der Waals surface area (Å²) >= 11 is 1.33. The smallest absolute Gasteiger partial charge is 0.341 e. The molecular formula is C16H17NO3S. The first kappa shape index (κ1) is 15.3. The van der Waals surface area contributed by atoms with E-state index in [0.717, 1.165) is 16.7 Å². The van der Waals surface area contributed by atoms with E-state index in [4.69, 9.17) is 4.74 Å². The third-order valence-electron chi connectivity index (χ3n) is 3.12. The van der Waals surface area contributed by atoms with Crippen molar-refractivity contribution < 1.29 is 14.3 Å². The normalized spacial score (nSPS) is 10.2. The van der Waals surface area contributed by atoms with Gasteiger partial charge in [-0.05, 0) is 12.5 Å². The number of esters is 1. The fourth-order valence-corrected chi connectivity index (χ4v) is 2.89. The lowest BCUT2D eigenvalue weighted by Crippen LogP contribution is -2.12. The number of anilines is 1. The van der Waals surface area contributed by atoms with Crippen LogP contribution in [0.2, 0.25) is 0 Å². The number of ether oxygens (including phenoxy) is 1. The maximum atomic E-state index is 12.1. The third kappa shape index (κ3) is 3.31. The number of aryl methyl sites for hydroxylation is 1. The van der Waals surface area contributed by atoms with Crippen LogP contribution in [0.15, 0.2) is 29.6 Å². The van der Waals surface area contributed by atoms with Gasteiger partial charge in [0.15, 0.2) is 0 Å². The van der Waals surface area contributed by atoms with Gasteiger partial charge in [0, 0.05) is 17.4 Å². The average molecular weight is 303 g/mol. The second kappa shape index (κ2) is 6.54. The summed E-state index contributed by atoms with van der Waals surface area (Å²) in [6, 6.07) is 7.88.